The standard InChI is InChI=1S/C7H5ClN2S2/c1-4-5(2-3-11-4)6-7(8)10-12-9-6/h2-3H,1H3. The van der Waals surface area contributed by atoms with Crippen LogP contribution in [0.2, 0.25) is 5.15 Å². The Hall–Kier alpha value is -0.450. The van der Waals surface area contributed by atoms with E-state index < -0.39 is 0 Å². The molecule has 2 heterocycles. The zero-order valence-electron chi connectivity index (χ0n) is 6.24. The van der Waals surface area contributed by atoms with Crippen LogP contribution >= 0.6 is 34.7 Å². The minimum atomic E-state index is 0.501. The smallest absolute Gasteiger partial charge is 0.170 e. The summed E-state index contributed by atoms with van der Waals surface area (Å²) in [6, 6.07) is 2.02. The second kappa shape index (κ2) is 3.12. The number of hydrogen-bond acceptors (Lipinski definition) is 4. The predicted octanol–water partition coefficient (Wildman–Crippen LogP) is 3.23. The van der Waals surface area contributed by atoms with Crippen LogP contribution in [0, 0.1) is 6.92 Å². The summed E-state index contributed by atoms with van der Waals surface area (Å²) < 4.78 is 8.04. The Balaban J connectivity index is 2.57. The molecule has 0 N–H and O–H groups in total. The lowest BCUT2D eigenvalue weighted by Gasteiger charge is -1.92. The lowest BCUT2D eigenvalue weighted by Crippen LogP contribution is -1.76. The van der Waals surface area contributed by atoms with Crippen molar-refractivity contribution in [3.05, 3.63) is 21.5 Å². The van der Waals surface area contributed by atoms with Crippen LogP contribution in [0.5, 0.6) is 0 Å². The van der Waals surface area contributed by atoms with Gasteiger partial charge in [-0.15, -0.1) is 11.3 Å². The molecule has 0 unspecified atom stereocenters. The molecule has 0 bridgehead atoms. The fourth-order valence-electron chi connectivity index (χ4n) is 0.969. The summed E-state index contributed by atoms with van der Waals surface area (Å²) in [6.07, 6.45) is 0. The summed E-state index contributed by atoms with van der Waals surface area (Å²) in [4.78, 5) is 1.23. The van der Waals surface area contributed by atoms with Gasteiger partial charge in [-0.3, -0.25) is 0 Å². The number of nitrogens with zero attached hydrogens (tertiary/aromatic N) is 2. The number of aryl methyl sites for hydroxylation is 1. The van der Waals surface area contributed by atoms with E-state index in [9.17, 15) is 0 Å². The summed E-state index contributed by atoms with van der Waals surface area (Å²) in [5.74, 6) is 0. The fourth-order valence-corrected chi connectivity index (χ4v) is 2.42. The Labute approximate surface area is 83.2 Å². The fraction of sp³-hybridized carbons (Fsp3) is 0.143. The number of rotatable bonds is 1. The highest BCUT2D eigenvalue weighted by Crippen LogP contribution is 2.30. The third kappa shape index (κ3) is 1.26. The quantitative estimate of drug-likeness (QED) is 0.732. The van der Waals surface area contributed by atoms with E-state index in [0.29, 0.717) is 5.15 Å². The lowest BCUT2D eigenvalue weighted by atomic mass is 10.2. The van der Waals surface area contributed by atoms with Gasteiger partial charge in [0.1, 0.15) is 5.69 Å². The number of thiophene rings is 1. The molecule has 0 saturated carbocycles. The van der Waals surface area contributed by atoms with Crippen molar-refractivity contribution in [2.45, 2.75) is 6.92 Å². The SMILES string of the molecule is Cc1sccc1-c1nsnc1Cl. The van der Waals surface area contributed by atoms with Crippen LogP contribution in [-0.4, -0.2) is 8.75 Å². The molecule has 0 amide bonds. The minimum Gasteiger partial charge on any atom is -0.171 e. The largest absolute Gasteiger partial charge is 0.171 e. The Morgan fingerprint density at radius 2 is 2.25 bits per heavy atom. The van der Waals surface area contributed by atoms with Crippen LogP contribution in [0.3, 0.4) is 0 Å². The van der Waals surface area contributed by atoms with Gasteiger partial charge in [0.25, 0.3) is 0 Å². The van der Waals surface area contributed by atoms with E-state index in [2.05, 4.69) is 15.7 Å². The van der Waals surface area contributed by atoms with Gasteiger partial charge in [-0.1, -0.05) is 11.6 Å². The first-order chi connectivity index (χ1) is 5.79. The van der Waals surface area contributed by atoms with Gasteiger partial charge in [0.15, 0.2) is 5.15 Å². The van der Waals surface area contributed by atoms with E-state index in [0.717, 1.165) is 23.0 Å². The van der Waals surface area contributed by atoms with Gasteiger partial charge in [-0.05, 0) is 18.4 Å². The number of hydrogen-bond donors (Lipinski definition) is 0. The maximum Gasteiger partial charge on any atom is 0.170 e. The summed E-state index contributed by atoms with van der Waals surface area (Å²) in [5, 5.41) is 2.53. The van der Waals surface area contributed by atoms with Crippen LogP contribution in [0.4, 0.5) is 0 Å². The van der Waals surface area contributed by atoms with Crippen LogP contribution < -0.4 is 0 Å². The second-order valence-corrected chi connectivity index (χ2v) is 4.30. The Bertz CT molecular complexity index is 355. The zero-order valence-corrected chi connectivity index (χ0v) is 8.63. The van der Waals surface area contributed by atoms with Gasteiger partial charge in [0.05, 0.1) is 11.7 Å². The van der Waals surface area contributed by atoms with Crippen molar-refractivity contribution in [1.82, 2.24) is 8.75 Å². The molecular weight excluding hydrogens is 212 g/mol. The average Bonchev–Trinajstić information content (AvgIpc) is 2.59. The first-order valence-electron chi connectivity index (χ1n) is 3.31. The van der Waals surface area contributed by atoms with Crippen molar-refractivity contribution >= 4 is 34.7 Å². The van der Waals surface area contributed by atoms with Crippen molar-refractivity contribution in [3.63, 3.8) is 0 Å². The van der Waals surface area contributed by atoms with Crippen molar-refractivity contribution < 1.29 is 0 Å². The topological polar surface area (TPSA) is 25.8 Å². The van der Waals surface area contributed by atoms with E-state index in [-0.39, 0.29) is 0 Å². The van der Waals surface area contributed by atoms with Gasteiger partial charge < -0.3 is 0 Å². The van der Waals surface area contributed by atoms with E-state index in [1.165, 1.54) is 4.88 Å². The molecule has 2 aromatic rings. The van der Waals surface area contributed by atoms with Crippen LogP contribution in [0.1, 0.15) is 4.88 Å². The minimum absolute atomic E-state index is 0.501. The number of halogens is 1. The molecule has 2 rings (SSSR count). The molecule has 0 fully saturated rings. The molecule has 2 nitrogen and oxygen atoms in total. The molecule has 5 heteroatoms. The Morgan fingerprint density at radius 3 is 2.75 bits per heavy atom. The van der Waals surface area contributed by atoms with E-state index in [4.69, 9.17) is 11.6 Å². The first kappa shape index (κ1) is 8.16. The van der Waals surface area contributed by atoms with Gasteiger partial charge in [0.2, 0.25) is 0 Å². The molecule has 0 spiro atoms. The molecule has 12 heavy (non-hydrogen) atoms. The maximum absolute atomic E-state index is 5.84. The third-order valence-corrected chi connectivity index (χ3v) is 3.30. The highest BCUT2D eigenvalue weighted by Gasteiger charge is 2.10. The number of aromatic nitrogens is 2. The average molecular weight is 217 g/mol. The summed E-state index contributed by atoms with van der Waals surface area (Å²) >= 11 is 8.68. The molecule has 0 aliphatic heterocycles. The van der Waals surface area contributed by atoms with Gasteiger partial charge in [-0.2, -0.15) is 8.75 Å². The van der Waals surface area contributed by atoms with Gasteiger partial charge in [-0.25, -0.2) is 0 Å². The van der Waals surface area contributed by atoms with Crippen molar-refractivity contribution in [3.8, 4) is 11.3 Å². The highest BCUT2D eigenvalue weighted by molar-refractivity contribution is 7.10. The highest BCUT2D eigenvalue weighted by atomic mass is 35.5. The first-order valence-corrected chi connectivity index (χ1v) is 5.30. The van der Waals surface area contributed by atoms with E-state index >= 15 is 0 Å². The van der Waals surface area contributed by atoms with Crippen molar-refractivity contribution in [2.75, 3.05) is 0 Å². The molecular formula is C7H5ClN2S2. The van der Waals surface area contributed by atoms with E-state index in [1.807, 2.05) is 11.4 Å². The molecule has 2 aromatic heterocycles. The third-order valence-electron chi connectivity index (χ3n) is 1.56. The molecule has 0 aliphatic rings. The normalized spacial score (nSPS) is 10.5. The Morgan fingerprint density at radius 1 is 1.42 bits per heavy atom. The summed E-state index contributed by atoms with van der Waals surface area (Å²) in [6.45, 7) is 2.05. The molecule has 62 valence electrons. The zero-order chi connectivity index (χ0) is 8.55. The molecule has 0 aliphatic carbocycles. The van der Waals surface area contributed by atoms with Crippen molar-refractivity contribution in [1.29, 1.82) is 0 Å². The molecule has 0 radical (unpaired) electrons. The summed E-state index contributed by atoms with van der Waals surface area (Å²) in [7, 11) is 0. The molecule has 0 saturated heterocycles. The summed E-state index contributed by atoms with van der Waals surface area (Å²) in [5.41, 5.74) is 1.90. The lowest BCUT2D eigenvalue weighted by molar-refractivity contribution is 1.48. The molecule has 0 atom stereocenters. The van der Waals surface area contributed by atoms with Gasteiger partial charge >= 0.3 is 0 Å². The monoisotopic (exact) mass is 216 g/mol. The van der Waals surface area contributed by atoms with Gasteiger partial charge in [0, 0.05) is 10.4 Å². The maximum atomic E-state index is 5.84. The van der Waals surface area contributed by atoms with Crippen molar-refractivity contribution in [2.24, 2.45) is 0 Å². The Kier molecular flexibility index (Phi) is 2.12. The second-order valence-electron chi connectivity index (χ2n) is 2.29. The van der Waals surface area contributed by atoms with Crippen LogP contribution in [0.25, 0.3) is 11.3 Å². The predicted molar refractivity (Wildman–Crippen MR) is 53.0 cm³/mol. The van der Waals surface area contributed by atoms with Crippen LogP contribution in [-0.2, 0) is 0 Å². The molecule has 0 aromatic carbocycles. The van der Waals surface area contributed by atoms with E-state index in [1.54, 1.807) is 11.3 Å². The van der Waals surface area contributed by atoms with Crippen LogP contribution in [0.15, 0.2) is 11.4 Å².